The maximum absolute atomic E-state index is 2.62. The minimum atomic E-state index is 0. The van der Waals surface area contributed by atoms with E-state index >= 15 is 0 Å². The molecule has 0 amide bonds. The minimum Gasteiger partial charge on any atom is -0.350 e. The normalized spacial score (nSPS) is 19.5. The number of hydrogen-bond acceptors (Lipinski definition) is 2. The van der Waals surface area contributed by atoms with Gasteiger partial charge in [-0.3, -0.25) is 4.90 Å². The largest absolute Gasteiger partial charge is 0.350 e. The van der Waals surface area contributed by atoms with Gasteiger partial charge in [-0.05, 0) is 23.6 Å². The fourth-order valence-corrected chi connectivity index (χ4v) is 3.74. The summed E-state index contributed by atoms with van der Waals surface area (Å²) in [4.78, 5) is 5.20. The molecule has 21 heavy (non-hydrogen) atoms. The van der Waals surface area contributed by atoms with Gasteiger partial charge in [-0.2, -0.15) is 0 Å². The molecule has 2 aliphatic heterocycles. The predicted molar refractivity (Wildman–Crippen MR) is 94.2 cm³/mol. The van der Waals surface area contributed by atoms with Crippen LogP contribution in [0.2, 0.25) is 0 Å². The van der Waals surface area contributed by atoms with Crippen molar-refractivity contribution in [3.8, 4) is 11.1 Å². The highest BCUT2D eigenvalue weighted by Crippen LogP contribution is 2.47. The number of nitrogens with zero attached hydrogens (tertiary/aromatic N) is 2. The molecule has 1 unspecified atom stereocenters. The molecule has 1 atom stereocenters. The Kier molecular flexibility index (Phi) is 4.05. The first-order valence-corrected chi connectivity index (χ1v) is 7.59. The van der Waals surface area contributed by atoms with Crippen LogP contribution in [-0.4, -0.2) is 24.5 Å². The van der Waals surface area contributed by atoms with Crippen LogP contribution in [0.5, 0.6) is 0 Å². The molecule has 2 nitrogen and oxygen atoms in total. The molecule has 0 spiro atoms. The molecule has 0 aliphatic carbocycles. The Morgan fingerprint density at radius 1 is 0.952 bits per heavy atom. The van der Waals surface area contributed by atoms with E-state index in [9.17, 15) is 0 Å². The van der Waals surface area contributed by atoms with Crippen molar-refractivity contribution in [1.82, 2.24) is 4.90 Å². The average molecular weight is 345 g/mol. The van der Waals surface area contributed by atoms with E-state index < -0.39 is 0 Å². The van der Waals surface area contributed by atoms with Crippen LogP contribution in [0, 0.1) is 0 Å². The van der Waals surface area contributed by atoms with Gasteiger partial charge in [-0.15, -0.1) is 17.0 Å². The fraction of sp³-hybridized carbons (Fsp3) is 0.333. The van der Waals surface area contributed by atoms with Crippen molar-refractivity contribution < 1.29 is 0 Å². The van der Waals surface area contributed by atoms with Crippen LogP contribution in [0.4, 0.5) is 5.69 Å². The van der Waals surface area contributed by atoms with Crippen molar-refractivity contribution in [2.45, 2.75) is 19.5 Å². The molecule has 2 aromatic rings. The first-order chi connectivity index (χ1) is 9.90. The van der Waals surface area contributed by atoms with Gasteiger partial charge in [0.15, 0.2) is 0 Å². The zero-order valence-corrected chi connectivity index (χ0v) is 14.0. The van der Waals surface area contributed by atoms with E-state index in [4.69, 9.17) is 0 Å². The Morgan fingerprint density at radius 2 is 1.67 bits per heavy atom. The van der Waals surface area contributed by atoms with E-state index in [0.29, 0.717) is 6.17 Å². The van der Waals surface area contributed by atoms with Crippen molar-refractivity contribution in [1.29, 1.82) is 0 Å². The highest BCUT2D eigenvalue weighted by molar-refractivity contribution is 8.93. The van der Waals surface area contributed by atoms with Crippen LogP contribution in [-0.2, 0) is 0 Å². The topological polar surface area (TPSA) is 6.48 Å². The number of benzene rings is 2. The Balaban J connectivity index is 0.00000132. The first-order valence-electron chi connectivity index (χ1n) is 7.59. The van der Waals surface area contributed by atoms with Crippen molar-refractivity contribution in [3.63, 3.8) is 0 Å². The summed E-state index contributed by atoms with van der Waals surface area (Å²) in [5.41, 5.74) is 5.66. The van der Waals surface area contributed by atoms with Gasteiger partial charge in [0.05, 0.1) is 0 Å². The molecule has 0 N–H and O–H groups in total. The third-order valence-corrected chi connectivity index (χ3v) is 4.52. The Bertz CT molecular complexity index is 641. The number of anilines is 1. The molecule has 1 fully saturated rings. The molecule has 110 valence electrons. The lowest BCUT2D eigenvalue weighted by atomic mass is 9.91. The molecule has 3 heteroatoms. The maximum Gasteiger partial charge on any atom is 0.109 e. The summed E-state index contributed by atoms with van der Waals surface area (Å²) in [6.45, 7) is 5.75. The number of fused-ring (bicyclic) bond motifs is 6. The van der Waals surface area contributed by atoms with Crippen molar-refractivity contribution in [2.24, 2.45) is 0 Å². The van der Waals surface area contributed by atoms with Gasteiger partial charge in [-0.1, -0.05) is 49.4 Å². The summed E-state index contributed by atoms with van der Waals surface area (Å²) in [7, 11) is 0. The van der Waals surface area contributed by atoms with E-state index in [0.717, 1.165) is 6.54 Å². The highest BCUT2D eigenvalue weighted by atomic mass is 79.9. The van der Waals surface area contributed by atoms with Crippen molar-refractivity contribution in [2.75, 3.05) is 24.5 Å². The second-order valence-corrected chi connectivity index (χ2v) is 5.71. The first kappa shape index (κ1) is 14.6. The summed E-state index contributed by atoms with van der Waals surface area (Å²) in [6.07, 6.45) is 1.65. The summed E-state index contributed by atoms with van der Waals surface area (Å²) in [5, 5.41) is 0. The average Bonchev–Trinajstić information content (AvgIpc) is 2.92. The highest BCUT2D eigenvalue weighted by Gasteiger charge is 2.38. The minimum absolute atomic E-state index is 0. The number of halogens is 1. The van der Waals surface area contributed by atoms with Crippen LogP contribution in [0.3, 0.4) is 0 Å². The van der Waals surface area contributed by atoms with E-state index in [1.165, 1.54) is 41.9 Å². The molecule has 0 bridgehead atoms. The van der Waals surface area contributed by atoms with E-state index in [2.05, 4.69) is 65.3 Å². The Hall–Kier alpha value is -1.32. The summed E-state index contributed by atoms with van der Waals surface area (Å²) in [6, 6.07) is 17.7. The molecular formula is C18H21BrN2. The Morgan fingerprint density at radius 3 is 2.48 bits per heavy atom. The lowest BCUT2D eigenvalue weighted by molar-refractivity contribution is 0.258. The van der Waals surface area contributed by atoms with Crippen LogP contribution in [0.15, 0.2) is 48.5 Å². The summed E-state index contributed by atoms with van der Waals surface area (Å²) < 4.78 is 0. The van der Waals surface area contributed by atoms with Gasteiger partial charge in [0.2, 0.25) is 0 Å². The third kappa shape index (κ3) is 2.19. The van der Waals surface area contributed by atoms with Gasteiger partial charge in [-0.25, -0.2) is 0 Å². The predicted octanol–water partition coefficient (Wildman–Crippen LogP) is 4.48. The molecule has 2 aliphatic rings. The number of hydrogen-bond donors (Lipinski definition) is 0. The molecule has 4 rings (SSSR count). The Labute approximate surface area is 137 Å². The lowest BCUT2D eigenvalue weighted by Gasteiger charge is -2.38. The van der Waals surface area contributed by atoms with Gasteiger partial charge in [0.25, 0.3) is 0 Å². The van der Waals surface area contributed by atoms with E-state index in [1.54, 1.807) is 0 Å². The van der Waals surface area contributed by atoms with Crippen LogP contribution in [0.1, 0.15) is 25.1 Å². The van der Waals surface area contributed by atoms with Gasteiger partial charge in [0, 0.05) is 30.9 Å². The van der Waals surface area contributed by atoms with Crippen molar-refractivity contribution >= 4 is 22.7 Å². The third-order valence-electron chi connectivity index (χ3n) is 4.52. The second kappa shape index (κ2) is 5.82. The smallest absolute Gasteiger partial charge is 0.109 e. The van der Waals surface area contributed by atoms with Gasteiger partial charge >= 0.3 is 0 Å². The van der Waals surface area contributed by atoms with E-state index in [-0.39, 0.29) is 17.0 Å². The fourth-order valence-electron chi connectivity index (χ4n) is 3.74. The molecule has 2 heterocycles. The lowest BCUT2D eigenvalue weighted by Crippen LogP contribution is -2.34. The SMILES string of the molecule is Br.CCCN1CCN2c3ccccc3-c3ccccc3C12. The van der Waals surface area contributed by atoms with Gasteiger partial charge in [0.1, 0.15) is 6.17 Å². The molecule has 0 radical (unpaired) electrons. The van der Waals surface area contributed by atoms with Crippen LogP contribution < -0.4 is 4.90 Å². The molecule has 0 aromatic heterocycles. The quantitative estimate of drug-likeness (QED) is 0.792. The summed E-state index contributed by atoms with van der Waals surface area (Å²) >= 11 is 0. The molecule has 1 saturated heterocycles. The van der Waals surface area contributed by atoms with Crippen LogP contribution in [0.25, 0.3) is 11.1 Å². The zero-order valence-electron chi connectivity index (χ0n) is 12.3. The van der Waals surface area contributed by atoms with Crippen molar-refractivity contribution in [3.05, 3.63) is 54.1 Å². The second-order valence-electron chi connectivity index (χ2n) is 5.71. The standard InChI is InChI=1S/C18H20N2.BrH/c1-2-11-19-12-13-20-17-10-6-5-8-15(17)14-7-3-4-9-16(14)18(19)20;/h3-10,18H,2,11-13H2,1H3;1H. The molecule has 0 saturated carbocycles. The zero-order chi connectivity index (χ0) is 13.5. The number of para-hydroxylation sites is 1. The van der Waals surface area contributed by atoms with Gasteiger partial charge < -0.3 is 4.90 Å². The van der Waals surface area contributed by atoms with Crippen LogP contribution >= 0.6 is 17.0 Å². The maximum atomic E-state index is 2.62. The molecule has 2 aromatic carbocycles. The monoisotopic (exact) mass is 344 g/mol. The number of rotatable bonds is 2. The molecular weight excluding hydrogens is 324 g/mol. The summed E-state index contributed by atoms with van der Waals surface area (Å²) in [5.74, 6) is 0. The van der Waals surface area contributed by atoms with E-state index in [1.807, 2.05) is 0 Å².